The number of ether oxygens (including phenoxy) is 1. The fourth-order valence-corrected chi connectivity index (χ4v) is 4.87. The highest BCUT2D eigenvalue weighted by Gasteiger charge is 2.16. The van der Waals surface area contributed by atoms with Gasteiger partial charge in [0, 0.05) is 11.3 Å². The number of carbonyl (C=O) groups is 1. The lowest BCUT2D eigenvalue weighted by molar-refractivity contribution is -0.116. The maximum absolute atomic E-state index is 12.3. The zero-order chi connectivity index (χ0) is 20.9. The number of hydrogen-bond donors (Lipinski definition) is 1. The highest BCUT2D eigenvalue weighted by atomic mass is 35.5. The van der Waals surface area contributed by atoms with Gasteiger partial charge in [-0.25, -0.2) is 8.42 Å². The van der Waals surface area contributed by atoms with Gasteiger partial charge < -0.3 is 9.15 Å². The van der Waals surface area contributed by atoms with Crippen LogP contribution in [0.15, 0.2) is 45.7 Å². The monoisotopic (exact) mass is 455 g/mol. The number of thiophene rings is 1. The third-order valence-corrected chi connectivity index (χ3v) is 6.95. The Bertz CT molecular complexity index is 1080. The SMILES string of the molecule is COc1ccc(S(=O)(=O)CCCC(=O)Nc2nnc(Cc3ccc(Cl)s3)o2)cc1. The van der Waals surface area contributed by atoms with Crippen molar-refractivity contribution in [1.82, 2.24) is 10.2 Å². The largest absolute Gasteiger partial charge is 0.497 e. The smallest absolute Gasteiger partial charge is 0.322 e. The van der Waals surface area contributed by atoms with Crippen LogP contribution in [0.4, 0.5) is 6.01 Å². The van der Waals surface area contributed by atoms with Crippen LogP contribution < -0.4 is 10.1 Å². The van der Waals surface area contributed by atoms with Crippen LogP contribution in [0.3, 0.4) is 0 Å². The maximum atomic E-state index is 12.3. The fraction of sp³-hybridized carbons (Fsp3) is 0.278. The predicted octanol–water partition coefficient (Wildman–Crippen LogP) is 3.58. The maximum Gasteiger partial charge on any atom is 0.322 e. The Morgan fingerprint density at radius 1 is 1.21 bits per heavy atom. The predicted molar refractivity (Wildman–Crippen MR) is 109 cm³/mol. The fourth-order valence-electron chi connectivity index (χ4n) is 2.48. The Balaban J connectivity index is 1.47. The summed E-state index contributed by atoms with van der Waals surface area (Å²) in [7, 11) is -1.97. The molecule has 2 heterocycles. The lowest BCUT2D eigenvalue weighted by Gasteiger charge is -2.05. The summed E-state index contributed by atoms with van der Waals surface area (Å²) in [6.07, 6.45) is 0.586. The Labute approximate surface area is 176 Å². The Morgan fingerprint density at radius 3 is 2.62 bits per heavy atom. The zero-order valence-corrected chi connectivity index (χ0v) is 17.8. The van der Waals surface area contributed by atoms with E-state index in [9.17, 15) is 13.2 Å². The normalized spacial score (nSPS) is 11.4. The molecule has 0 radical (unpaired) electrons. The van der Waals surface area contributed by atoms with Crippen molar-refractivity contribution in [3.63, 3.8) is 0 Å². The van der Waals surface area contributed by atoms with Gasteiger partial charge in [-0.1, -0.05) is 16.7 Å². The van der Waals surface area contributed by atoms with Crippen LogP contribution in [0.25, 0.3) is 0 Å². The molecule has 0 saturated heterocycles. The van der Waals surface area contributed by atoms with Crippen molar-refractivity contribution in [2.24, 2.45) is 0 Å². The lowest BCUT2D eigenvalue weighted by Crippen LogP contribution is -2.14. The first-order valence-corrected chi connectivity index (χ1v) is 11.4. The molecule has 0 aliphatic carbocycles. The van der Waals surface area contributed by atoms with E-state index in [4.69, 9.17) is 20.8 Å². The lowest BCUT2D eigenvalue weighted by atomic mass is 10.3. The van der Waals surface area contributed by atoms with Gasteiger partial charge in [0.1, 0.15) is 5.75 Å². The highest BCUT2D eigenvalue weighted by Crippen LogP contribution is 2.24. The molecule has 0 fully saturated rings. The third-order valence-electron chi connectivity index (χ3n) is 3.90. The summed E-state index contributed by atoms with van der Waals surface area (Å²) in [5, 5.41) is 10.1. The second kappa shape index (κ2) is 9.38. The molecular weight excluding hydrogens is 438 g/mol. The summed E-state index contributed by atoms with van der Waals surface area (Å²) in [5.74, 6) is 0.371. The molecule has 8 nitrogen and oxygen atoms in total. The van der Waals surface area contributed by atoms with Crippen LogP contribution in [0.1, 0.15) is 23.6 Å². The average molecular weight is 456 g/mol. The van der Waals surface area contributed by atoms with Crippen molar-refractivity contribution in [2.45, 2.75) is 24.2 Å². The van der Waals surface area contributed by atoms with E-state index in [-0.39, 0.29) is 29.5 Å². The van der Waals surface area contributed by atoms with Crippen LogP contribution in [0.2, 0.25) is 4.34 Å². The Kier molecular flexibility index (Phi) is 6.88. The number of aromatic nitrogens is 2. The van der Waals surface area contributed by atoms with Crippen molar-refractivity contribution in [3.05, 3.63) is 51.5 Å². The summed E-state index contributed by atoms with van der Waals surface area (Å²) in [6, 6.07) is 9.74. The molecule has 1 N–H and O–H groups in total. The number of hydrogen-bond acceptors (Lipinski definition) is 8. The molecule has 3 aromatic rings. The number of sulfone groups is 1. The summed E-state index contributed by atoms with van der Waals surface area (Å²) >= 11 is 7.29. The summed E-state index contributed by atoms with van der Waals surface area (Å²) in [4.78, 5) is 13.2. The molecule has 0 spiro atoms. The van der Waals surface area contributed by atoms with Gasteiger partial charge in [-0.2, -0.15) is 0 Å². The molecule has 1 amide bonds. The minimum absolute atomic E-state index is 0.00757. The van der Waals surface area contributed by atoms with Crippen LogP contribution >= 0.6 is 22.9 Å². The molecule has 0 bridgehead atoms. The number of nitrogens with zero attached hydrogens (tertiary/aromatic N) is 2. The molecule has 0 atom stereocenters. The second-order valence-electron chi connectivity index (χ2n) is 6.03. The van der Waals surface area contributed by atoms with Gasteiger partial charge in [0.25, 0.3) is 0 Å². The quantitative estimate of drug-likeness (QED) is 0.524. The first-order valence-electron chi connectivity index (χ1n) is 8.59. The number of rotatable bonds is 9. The molecule has 29 heavy (non-hydrogen) atoms. The number of carbonyl (C=O) groups excluding carboxylic acids is 1. The van der Waals surface area contributed by atoms with Crippen LogP contribution in [0, 0.1) is 0 Å². The van der Waals surface area contributed by atoms with Crippen LogP contribution in [0.5, 0.6) is 5.75 Å². The standard InChI is InChI=1S/C18H18ClN3O5S2/c1-26-12-4-7-14(8-5-12)29(24,25)10-2-3-16(23)20-18-22-21-17(27-18)11-13-6-9-15(19)28-13/h4-9H,2-3,10-11H2,1H3,(H,20,22,23). The minimum Gasteiger partial charge on any atom is -0.497 e. The molecule has 1 aromatic carbocycles. The van der Waals surface area contributed by atoms with Gasteiger partial charge in [-0.15, -0.1) is 16.4 Å². The van der Waals surface area contributed by atoms with Crippen LogP contribution in [-0.4, -0.2) is 37.4 Å². The molecule has 0 saturated carbocycles. The van der Waals surface area contributed by atoms with Crippen LogP contribution in [-0.2, 0) is 21.1 Å². The van der Waals surface area contributed by atoms with Gasteiger partial charge in [0.05, 0.1) is 28.5 Å². The van der Waals surface area contributed by atoms with Gasteiger partial charge in [0.2, 0.25) is 11.8 Å². The first-order chi connectivity index (χ1) is 13.9. The van der Waals surface area contributed by atoms with Crippen molar-refractivity contribution in [2.75, 3.05) is 18.2 Å². The molecular formula is C18H18ClN3O5S2. The highest BCUT2D eigenvalue weighted by molar-refractivity contribution is 7.91. The van der Waals surface area contributed by atoms with Crippen molar-refractivity contribution in [1.29, 1.82) is 0 Å². The topological polar surface area (TPSA) is 111 Å². The molecule has 3 rings (SSSR count). The van der Waals surface area contributed by atoms with E-state index in [0.717, 1.165) is 4.88 Å². The van der Waals surface area contributed by atoms with Crippen molar-refractivity contribution in [3.8, 4) is 5.75 Å². The summed E-state index contributed by atoms with van der Waals surface area (Å²) < 4.78 is 35.7. The van der Waals surface area contributed by atoms with Crippen molar-refractivity contribution >= 4 is 44.7 Å². The molecule has 2 aromatic heterocycles. The van der Waals surface area contributed by atoms with E-state index in [1.54, 1.807) is 18.2 Å². The second-order valence-corrected chi connectivity index (χ2v) is 9.94. The van der Waals surface area contributed by atoms with Crippen molar-refractivity contribution < 1.29 is 22.4 Å². The number of anilines is 1. The van der Waals surface area contributed by atoms with E-state index >= 15 is 0 Å². The van der Waals surface area contributed by atoms with E-state index < -0.39 is 15.7 Å². The minimum atomic E-state index is -3.48. The van der Waals surface area contributed by atoms with E-state index in [1.807, 2.05) is 6.07 Å². The van der Waals surface area contributed by atoms with Gasteiger partial charge >= 0.3 is 6.01 Å². The summed E-state index contributed by atoms with van der Waals surface area (Å²) in [6.45, 7) is 0. The molecule has 11 heteroatoms. The van der Waals surface area contributed by atoms with E-state index in [2.05, 4.69) is 15.5 Å². The average Bonchev–Trinajstić information content (AvgIpc) is 3.30. The Morgan fingerprint density at radius 2 is 1.97 bits per heavy atom. The van der Waals surface area contributed by atoms with Gasteiger partial charge in [-0.05, 0) is 42.8 Å². The van der Waals surface area contributed by atoms with E-state index in [0.29, 0.717) is 22.4 Å². The molecule has 0 aliphatic rings. The van der Waals surface area contributed by atoms with Gasteiger partial charge in [-0.3, -0.25) is 10.1 Å². The molecule has 0 unspecified atom stereocenters. The first kappa shape index (κ1) is 21.3. The number of amides is 1. The third kappa shape index (κ3) is 6.02. The molecule has 154 valence electrons. The van der Waals surface area contributed by atoms with E-state index in [1.165, 1.54) is 30.6 Å². The Hall–Kier alpha value is -2.43. The number of nitrogens with one attached hydrogen (secondary N) is 1. The van der Waals surface area contributed by atoms with Gasteiger partial charge in [0.15, 0.2) is 9.84 Å². The zero-order valence-electron chi connectivity index (χ0n) is 15.4. The number of methoxy groups -OCH3 is 1. The number of benzene rings is 1. The summed E-state index contributed by atoms with van der Waals surface area (Å²) in [5.41, 5.74) is 0. The molecule has 0 aliphatic heterocycles. The number of halogens is 1.